The molecule has 0 radical (unpaired) electrons. The smallest absolute Gasteiger partial charge is 0.306 e. The molecule has 3 rings (SSSR count). The van der Waals surface area contributed by atoms with Gasteiger partial charge in [0.05, 0.1) is 21.3 Å². The predicted molar refractivity (Wildman–Crippen MR) is 112 cm³/mol. The van der Waals surface area contributed by atoms with E-state index in [4.69, 9.17) is 18.9 Å². The molecular formula is C23H33NO6. The molecule has 0 N–H and O–H groups in total. The summed E-state index contributed by atoms with van der Waals surface area (Å²) in [5, 5.41) is 0. The van der Waals surface area contributed by atoms with Crippen molar-refractivity contribution in [2.24, 2.45) is 5.92 Å². The van der Waals surface area contributed by atoms with Crippen LogP contribution in [0.5, 0.6) is 17.2 Å². The molecule has 166 valence electrons. The van der Waals surface area contributed by atoms with Gasteiger partial charge in [-0.15, -0.1) is 0 Å². The number of carbonyl (C=O) groups is 2. The van der Waals surface area contributed by atoms with Crippen molar-refractivity contribution < 1.29 is 28.5 Å². The van der Waals surface area contributed by atoms with Crippen LogP contribution in [-0.2, 0) is 20.7 Å². The summed E-state index contributed by atoms with van der Waals surface area (Å²) in [6.45, 7) is 0.611. The lowest BCUT2D eigenvalue weighted by Crippen LogP contribution is -2.50. The van der Waals surface area contributed by atoms with Crippen LogP contribution < -0.4 is 14.2 Å². The molecule has 7 heteroatoms. The maximum atomic E-state index is 12.7. The summed E-state index contributed by atoms with van der Waals surface area (Å²) >= 11 is 0. The topological polar surface area (TPSA) is 74.3 Å². The van der Waals surface area contributed by atoms with E-state index < -0.39 is 0 Å². The van der Waals surface area contributed by atoms with Gasteiger partial charge in [0, 0.05) is 19.0 Å². The van der Waals surface area contributed by atoms with Crippen LogP contribution in [0.4, 0.5) is 0 Å². The lowest BCUT2D eigenvalue weighted by Gasteiger charge is -2.44. The molecule has 1 saturated carbocycles. The Bertz CT molecular complexity index is 722. The van der Waals surface area contributed by atoms with Gasteiger partial charge in [0.15, 0.2) is 18.1 Å². The summed E-state index contributed by atoms with van der Waals surface area (Å²) in [7, 11) is 4.66. The number of amides is 1. The van der Waals surface area contributed by atoms with Crippen LogP contribution >= 0.6 is 0 Å². The second-order valence-corrected chi connectivity index (χ2v) is 8.04. The zero-order valence-corrected chi connectivity index (χ0v) is 18.3. The number of methoxy groups -OCH3 is 3. The fourth-order valence-electron chi connectivity index (χ4n) is 4.76. The highest BCUT2D eigenvalue weighted by molar-refractivity contribution is 5.81. The third kappa shape index (κ3) is 5.18. The molecule has 0 aromatic heterocycles. The number of likely N-dealkylation sites (tertiary alicyclic amines) is 1. The predicted octanol–water partition coefficient (Wildman–Crippen LogP) is 3.37. The maximum Gasteiger partial charge on any atom is 0.306 e. The fraction of sp³-hybridized carbons (Fsp3) is 0.652. The SMILES string of the molecule is COc1cc(CCC(=O)OCC(=O)N2CCC[C@@H]3CCCC[C@@H]32)cc(OC)c1OC. The minimum atomic E-state index is -0.380. The average Bonchev–Trinajstić information content (AvgIpc) is 2.79. The van der Waals surface area contributed by atoms with Crippen molar-refractivity contribution in [2.75, 3.05) is 34.5 Å². The highest BCUT2D eigenvalue weighted by Gasteiger charge is 2.35. The van der Waals surface area contributed by atoms with E-state index in [0.717, 1.165) is 24.9 Å². The molecule has 2 aliphatic rings. The molecule has 1 aliphatic heterocycles. The van der Waals surface area contributed by atoms with E-state index in [-0.39, 0.29) is 24.9 Å². The number of hydrogen-bond acceptors (Lipinski definition) is 6. The van der Waals surface area contributed by atoms with Gasteiger partial charge in [-0.05, 0) is 55.7 Å². The van der Waals surface area contributed by atoms with E-state index in [0.29, 0.717) is 35.6 Å². The van der Waals surface area contributed by atoms with Crippen molar-refractivity contribution in [2.45, 2.75) is 57.4 Å². The zero-order chi connectivity index (χ0) is 21.5. The normalized spacial score (nSPS) is 20.8. The Morgan fingerprint density at radius 1 is 0.967 bits per heavy atom. The number of fused-ring (bicyclic) bond motifs is 1. The summed E-state index contributed by atoms with van der Waals surface area (Å²) in [6, 6.07) is 3.96. The Kier molecular flexibility index (Phi) is 7.82. The molecule has 1 aromatic rings. The minimum absolute atomic E-state index is 0.0623. The molecule has 0 bridgehead atoms. The van der Waals surface area contributed by atoms with E-state index in [1.807, 2.05) is 17.0 Å². The summed E-state index contributed by atoms with van der Waals surface area (Å²) in [5.74, 6) is 1.78. The molecule has 1 aromatic carbocycles. The van der Waals surface area contributed by atoms with E-state index in [9.17, 15) is 9.59 Å². The van der Waals surface area contributed by atoms with Gasteiger partial charge in [-0.3, -0.25) is 9.59 Å². The summed E-state index contributed by atoms with van der Waals surface area (Å²) in [4.78, 5) is 26.9. The van der Waals surface area contributed by atoms with Gasteiger partial charge in [-0.1, -0.05) is 12.8 Å². The van der Waals surface area contributed by atoms with Crippen LogP contribution in [0.3, 0.4) is 0 Å². The molecule has 30 heavy (non-hydrogen) atoms. The van der Waals surface area contributed by atoms with Gasteiger partial charge >= 0.3 is 5.97 Å². The number of piperidine rings is 1. The lowest BCUT2D eigenvalue weighted by molar-refractivity contribution is -0.154. The Morgan fingerprint density at radius 3 is 2.30 bits per heavy atom. The average molecular weight is 420 g/mol. The molecule has 1 aliphatic carbocycles. The van der Waals surface area contributed by atoms with Crippen LogP contribution in [0.25, 0.3) is 0 Å². The Morgan fingerprint density at radius 2 is 1.63 bits per heavy atom. The van der Waals surface area contributed by atoms with Crippen LogP contribution in [0.2, 0.25) is 0 Å². The van der Waals surface area contributed by atoms with E-state index in [1.54, 1.807) is 21.3 Å². The number of rotatable bonds is 8. The fourth-order valence-corrected chi connectivity index (χ4v) is 4.76. The molecule has 1 amide bonds. The molecule has 0 unspecified atom stereocenters. The van der Waals surface area contributed by atoms with Crippen LogP contribution in [-0.4, -0.2) is 57.3 Å². The highest BCUT2D eigenvalue weighted by Crippen LogP contribution is 2.38. The first-order chi connectivity index (χ1) is 14.6. The van der Waals surface area contributed by atoms with Gasteiger partial charge in [-0.2, -0.15) is 0 Å². The van der Waals surface area contributed by atoms with Crippen molar-refractivity contribution in [1.82, 2.24) is 4.90 Å². The highest BCUT2D eigenvalue weighted by atomic mass is 16.5. The first-order valence-electron chi connectivity index (χ1n) is 10.8. The largest absolute Gasteiger partial charge is 0.493 e. The van der Waals surface area contributed by atoms with Crippen LogP contribution in [0.1, 0.15) is 50.5 Å². The van der Waals surface area contributed by atoms with Crippen molar-refractivity contribution in [3.8, 4) is 17.2 Å². The van der Waals surface area contributed by atoms with Crippen LogP contribution in [0, 0.1) is 5.92 Å². The lowest BCUT2D eigenvalue weighted by atomic mass is 9.78. The van der Waals surface area contributed by atoms with Crippen molar-refractivity contribution in [3.63, 3.8) is 0 Å². The third-order valence-corrected chi connectivity index (χ3v) is 6.26. The molecular weight excluding hydrogens is 386 g/mol. The minimum Gasteiger partial charge on any atom is -0.493 e. The molecule has 2 atom stereocenters. The molecule has 1 heterocycles. The van der Waals surface area contributed by atoms with Crippen LogP contribution in [0.15, 0.2) is 12.1 Å². The van der Waals surface area contributed by atoms with Gasteiger partial charge in [0.2, 0.25) is 5.75 Å². The molecule has 7 nitrogen and oxygen atoms in total. The summed E-state index contributed by atoms with van der Waals surface area (Å²) in [5.41, 5.74) is 0.869. The number of nitrogens with zero attached hydrogens (tertiary/aromatic N) is 1. The Balaban J connectivity index is 1.51. The van der Waals surface area contributed by atoms with Gasteiger partial charge in [-0.25, -0.2) is 0 Å². The first-order valence-corrected chi connectivity index (χ1v) is 10.8. The number of esters is 1. The van der Waals surface area contributed by atoms with E-state index in [2.05, 4.69) is 0 Å². The second kappa shape index (κ2) is 10.5. The second-order valence-electron chi connectivity index (χ2n) is 8.04. The standard InChI is InChI=1S/C23H33NO6/c1-27-19-13-16(14-20(28-2)23(19)29-3)10-11-22(26)30-15-21(25)24-12-6-8-17-7-4-5-9-18(17)24/h13-14,17-18H,4-12,15H2,1-3H3/t17-,18-/m0/s1. The monoisotopic (exact) mass is 419 g/mol. The number of benzene rings is 1. The van der Waals surface area contributed by atoms with Crippen molar-refractivity contribution in [1.29, 1.82) is 0 Å². The number of aryl methyl sites for hydroxylation is 1. The number of ether oxygens (including phenoxy) is 4. The molecule has 1 saturated heterocycles. The summed E-state index contributed by atoms with van der Waals surface area (Å²) < 4.78 is 21.3. The Labute approximate surface area is 178 Å². The van der Waals surface area contributed by atoms with Crippen molar-refractivity contribution >= 4 is 11.9 Å². The quantitative estimate of drug-likeness (QED) is 0.602. The molecule has 2 fully saturated rings. The zero-order valence-electron chi connectivity index (χ0n) is 18.3. The Hall–Kier alpha value is -2.44. The first kappa shape index (κ1) is 22.2. The number of carbonyl (C=O) groups excluding carboxylic acids is 2. The van der Waals surface area contributed by atoms with E-state index >= 15 is 0 Å². The molecule has 0 spiro atoms. The maximum absolute atomic E-state index is 12.7. The van der Waals surface area contributed by atoms with Gasteiger partial charge in [0.1, 0.15) is 0 Å². The summed E-state index contributed by atoms with van der Waals surface area (Å²) in [6.07, 6.45) is 7.62. The van der Waals surface area contributed by atoms with E-state index in [1.165, 1.54) is 25.7 Å². The van der Waals surface area contributed by atoms with Gasteiger partial charge in [0.25, 0.3) is 5.91 Å². The third-order valence-electron chi connectivity index (χ3n) is 6.26. The number of hydrogen-bond donors (Lipinski definition) is 0. The van der Waals surface area contributed by atoms with Gasteiger partial charge < -0.3 is 23.8 Å². The van der Waals surface area contributed by atoms with Crippen molar-refractivity contribution in [3.05, 3.63) is 17.7 Å².